The summed E-state index contributed by atoms with van der Waals surface area (Å²) in [6.07, 6.45) is 0. The largest absolute Gasteiger partial charge is 0.384 e. The molecule has 1 aromatic rings. The number of aliphatic hydroxyl groups excluding tert-OH is 1. The van der Waals surface area contributed by atoms with E-state index in [2.05, 4.69) is 30.4 Å². The highest BCUT2D eigenvalue weighted by atomic mass is 32.2. The zero-order valence-corrected chi connectivity index (χ0v) is 12.9. The first kappa shape index (κ1) is 16.7. The van der Waals surface area contributed by atoms with Crippen molar-refractivity contribution in [3.05, 3.63) is 29.8 Å². The van der Waals surface area contributed by atoms with Crippen LogP contribution in [0.2, 0.25) is 0 Å². The van der Waals surface area contributed by atoms with Crippen molar-refractivity contribution in [1.82, 2.24) is 4.72 Å². The van der Waals surface area contributed by atoms with Crippen LogP contribution < -0.4 is 4.72 Å². The number of hydrogen-bond donors (Lipinski definition) is 2. The van der Waals surface area contributed by atoms with Crippen molar-refractivity contribution in [3.8, 4) is 11.8 Å². The van der Waals surface area contributed by atoms with Crippen LogP contribution in [0.4, 0.5) is 0 Å². The van der Waals surface area contributed by atoms with Gasteiger partial charge in [-0.25, -0.2) is 13.1 Å². The highest BCUT2D eigenvalue weighted by Gasteiger charge is 2.18. The highest BCUT2D eigenvalue weighted by Crippen LogP contribution is 2.15. The molecule has 20 heavy (non-hydrogen) atoms. The van der Waals surface area contributed by atoms with Gasteiger partial charge < -0.3 is 5.11 Å². The Balaban J connectivity index is 2.98. The van der Waals surface area contributed by atoms with E-state index < -0.39 is 10.0 Å². The van der Waals surface area contributed by atoms with Gasteiger partial charge in [-0.3, -0.25) is 0 Å². The molecule has 0 aliphatic carbocycles. The number of rotatable bonds is 5. The average molecular weight is 295 g/mol. The third-order valence-electron chi connectivity index (χ3n) is 3.21. The topological polar surface area (TPSA) is 66.4 Å². The van der Waals surface area contributed by atoms with E-state index in [4.69, 9.17) is 5.11 Å². The molecule has 110 valence electrons. The second-order valence-corrected chi connectivity index (χ2v) is 6.76. The Hall–Kier alpha value is -1.35. The number of nitrogens with one attached hydrogen (secondary N) is 1. The summed E-state index contributed by atoms with van der Waals surface area (Å²) in [4.78, 5) is 0.150. The number of sulfonamides is 1. The Bertz CT molecular complexity index is 597. The number of hydrogen-bond acceptors (Lipinski definition) is 3. The summed E-state index contributed by atoms with van der Waals surface area (Å²) in [7, 11) is -3.58. The number of benzene rings is 1. The van der Waals surface area contributed by atoms with Gasteiger partial charge in [-0.1, -0.05) is 44.7 Å². The van der Waals surface area contributed by atoms with Gasteiger partial charge in [-0.05, 0) is 24.0 Å². The Morgan fingerprint density at radius 1 is 1.25 bits per heavy atom. The minimum atomic E-state index is -3.58. The predicted molar refractivity (Wildman–Crippen MR) is 79.6 cm³/mol. The molecule has 0 saturated heterocycles. The van der Waals surface area contributed by atoms with Crippen LogP contribution in [0.5, 0.6) is 0 Å². The Labute approximate surface area is 121 Å². The summed E-state index contributed by atoms with van der Waals surface area (Å²) in [5.41, 5.74) is 0.395. The predicted octanol–water partition coefficient (Wildman–Crippen LogP) is 1.60. The molecule has 0 spiro atoms. The first-order valence-electron chi connectivity index (χ1n) is 6.57. The van der Waals surface area contributed by atoms with Crippen molar-refractivity contribution in [1.29, 1.82) is 0 Å². The molecule has 4 nitrogen and oxygen atoms in total. The average Bonchev–Trinajstić information content (AvgIpc) is 2.42. The van der Waals surface area contributed by atoms with Crippen molar-refractivity contribution in [2.75, 3.05) is 13.2 Å². The van der Waals surface area contributed by atoms with E-state index in [0.717, 1.165) is 0 Å². The van der Waals surface area contributed by atoms with Gasteiger partial charge >= 0.3 is 0 Å². The summed E-state index contributed by atoms with van der Waals surface area (Å²) in [6.45, 7) is 6.21. The maximum absolute atomic E-state index is 12.3. The molecule has 1 aromatic carbocycles. The van der Waals surface area contributed by atoms with E-state index >= 15 is 0 Å². The maximum atomic E-state index is 12.3. The lowest BCUT2D eigenvalue weighted by atomic mass is 9.99. The third kappa shape index (κ3) is 4.64. The molecule has 5 heteroatoms. The van der Waals surface area contributed by atoms with Gasteiger partial charge in [0, 0.05) is 12.1 Å². The highest BCUT2D eigenvalue weighted by molar-refractivity contribution is 7.89. The van der Waals surface area contributed by atoms with Crippen LogP contribution in [0.15, 0.2) is 29.2 Å². The van der Waals surface area contributed by atoms with Gasteiger partial charge in [0.1, 0.15) is 6.61 Å². The number of aliphatic hydroxyl groups is 1. The molecule has 0 aromatic heterocycles. The third-order valence-corrected chi connectivity index (χ3v) is 4.69. The Morgan fingerprint density at radius 3 is 2.50 bits per heavy atom. The quantitative estimate of drug-likeness (QED) is 0.811. The SMILES string of the molecule is CC(C)C(C)CNS(=O)(=O)c1ccccc1C#CCO. The lowest BCUT2D eigenvalue weighted by Gasteiger charge is -2.16. The smallest absolute Gasteiger partial charge is 0.241 e. The normalized spacial score (nSPS) is 12.8. The van der Waals surface area contributed by atoms with Crippen molar-refractivity contribution < 1.29 is 13.5 Å². The first-order chi connectivity index (χ1) is 9.38. The Kier molecular flexibility index (Phi) is 6.21. The van der Waals surface area contributed by atoms with Gasteiger partial charge in [0.15, 0.2) is 0 Å². The molecular weight excluding hydrogens is 274 g/mol. The molecule has 0 heterocycles. The minimum Gasteiger partial charge on any atom is -0.384 e. The molecule has 0 amide bonds. The Morgan fingerprint density at radius 2 is 1.90 bits per heavy atom. The second-order valence-electron chi connectivity index (χ2n) is 5.03. The van der Waals surface area contributed by atoms with Crippen LogP contribution >= 0.6 is 0 Å². The lowest BCUT2D eigenvalue weighted by molar-refractivity contribution is 0.350. The summed E-state index contributed by atoms with van der Waals surface area (Å²) in [6, 6.07) is 6.52. The maximum Gasteiger partial charge on any atom is 0.241 e. The van der Waals surface area contributed by atoms with Gasteiger partial charge in [0.2, 0.25) is 10.0 Å². The lowest BCUT2D eigenvalue weighted by Crippen LogP contribution is -2.30. The minimum absolute atomic E-state index is 0.150. The molecular formula is C15H21NO3S. The molecule has 1 rings (SSSR count). The van der Waals surface area contributed by atoms with Gasteiger partial charge in [-0.15, -0.1) is 0 Å². The molecule has 0 saturated carbocycles. The standard InChI is InChI=1S/C15H21NO3S/c1-12(2)13(3)11-16-20(18,19)15-9-5-4-7-14(15)8-6-10-17/h4-5,7,9,12-13,16-17H,10-11H2,1-3H3. The fourth-order valence-corrected chi connectivity index (χ4v) is 2.80. The zero-order chi connectivity index (χ0) is 15.2. The first-order valence-corrected chi connectivity index (χ1v) is 8.05. The fraction of sp³-hybridized carbons (Fsp3) is 0.467. The van der Waals surface area contributed by atoms with Crippen LogP contribution in [0.1, 0.15) is 26.3 Å². The monoisotopic (exact) mass is 295 g/mol. The fourth-order valence-electron chi connectivity index (χ4n) is 1.49. The van der Waals surface area contributed by atoms with Crippen LogP contribution in [-0.2, 0) is 10.0 Å². The van der Waals surface area contributed by atoms with E-state index in [1.165, 1.54) is 6.07 Å². The summed E-state index contributed by atoms with van der Waals surface area (Å²) in [5, 5.41) is 8.72. The summed E-state index contributed by atoms with van der Waals surface area (Å²) < 4.78 is 27.2. The molecule has 0 aliphatic rings. The van der Waals surface area contributed by atoms with Crippen molar-refractivity contribution in [2.45, 2.75) is 25.7 Å². The van der Waals surface area contributed by atoms with Crippen molar-refractivity contribution in [3.63, 3.8) is 0 Å². The zero-order valence-electron chi connectivity index (χ0n) is 12.1. The second kappa shape index (κ2) is 7.44. The van der Waals surface area contributed by atoms with E-state index in [9.17, 15) is 8.42 Å². The van der Waals surface area contributed by atoms with Gasteiger partial charge in [0.05, 0.1) is 4.90 Å². The van der Waals surface area contributed by atoms with Crippen molar-refractivity contribution in [2.24, 2.45) is 11.8 Å². The van der Waals surface area contributed by atoms with Crippen molar-refractivity contribution >= 4 is 10.0 Å². The molecule has 2 N–H and O–H groups in total. The van der Waals surface area contributed by atoms with E-state index in [1.54, 1.807) is 18.2 Å². The van der Waals surface area contributed by atoms with Crippen LogP contribution in [0.3, 0.4) is 0 Å². The van der Waals surface area contributed by atoms with E-state index in [0.29, 0.717) is 18.0 Å². The summed E-state index contributed by atoms with van der Waals surface area (Å²) in [5.74, 6) is 5.79. The summed E-state index contributed by atoms with van der Waals surface area (Å²) >= 11 is 0. The van der Waals surface area contributed by atoms with Gasteiger partial charge in [0.25, 0.3) is 0 Å². The molecule has 1 unspecified atom stereocenters. The molecule has 0 fully saturated rings. The molecule has 0 radical (unpaired) electrons. The van der Waals surface area contributed by atoms with Gasteiger partial charge in [-0.2, -0.15) is 0 Å². The molecule has 0 bridgehead atoms. The van der Waals surface area contributed by atoms with E-state index in [1.807, 2.05) is 6.92 Å². The molecule has 0 aliphatic heterocycles. The van der Waals surface area contributed by atoms with Crippen LogP contribution in [0.25, 0.3) is 0 Å². The molecule has 1 atom stereocenters. The van der Waals surface area contributed by atoms with Crippen LogP contribution in [0, 0.1) is 23.7 Å². The van der Waals surface area contributed by atoms with E-state index in [-0.39, 0.29) is 17.4 Å². The van der Waals surface area contributed by atoms with Crippen LogP contribution in [-0.4, -0.2) is 26.7 Å².